The Bertz CT molecular complexity index is 586. The van der Waals surface area contributed by atoms with Gasteiger partial charge in [-0.15, -0.1) is 0 Å². The van der Waals surface area contributed by atoms with Crippen LogP contribution in [0.15, 0.2) is 12.1 Å². The van der Waals surface area contributed by atoms with E-state index >= 15 is 0 Å². The number of ether oxygens (including phenoxy) is 1. The zero-order valence-electron chi connectivity index (χ0n) is 11.0. The van der Waals surface area contributed by atoms with E-state index in [1.165, 1.54) is 28.6 Å². The maximum atomic E-state index is 5.82. The summed E-state index contributed by atoms with van der Waals surface area (Å²) < 4.78 is 5.48. The molecular weight excluding hydrogens is 224 g/mol. The summed E-state index contributed by atoms with van der Waals surface area (Å²) in [6, 6.07) is 4.34. The number of H-pyrrole nitrogens is 1. The lowest BCUT2D eigenvalue weighted by atomic mass is 9.86. The minimum atomic E-state index is 0.628. The van der Waals surface area contributed by atoms with Crippen LogP contribution in [-0.2, 0) is 12.8 Å². The number of aryl methyl sites for hydroxylation is 2. The van der Waals surface area contributed by atoms with E-state index in [0.29, 0.717) is 5.92 Å². The summed E-state index contributed by atoms with van der Waals surface area (Å²) in [5.41, 5.74) is 11.0. The highest BCUT2D eigenvalue weighted by molar-refractivity contribution is 5.90. The predicted molar refractivity (Wildman–Crippen MR) is 74.2 cm³/mol. The summed E-state index contributed by atoms with van der Waals surface area (Å²) in [5, 5.41) is 1.32. The van der Waals surface area contributed by atoms with E-state index in [2.05, 4.69) is 24.0 Å². The fourth-order valence-electron chi connectivity index (χ4n) is 3.06. The van der Waals surface area contributed by atoms with Crippen LogP contribution in [0.2, 0.25) is 0 Å². The van der Waals surface area contributed by atoms with E-state index in [-0.39, 0.29) is 0 Å². The Hall–Kier alpha value is -1.48. The molecule has 0 bridgehead atoms. The molecule has 96 valence electrons. The highest BCUT2D eigenvalue weighted by atomic mass is 16.5. The van der Waals surface area contributed by atoms with Crippen molar-refractivity contribution in [2.75, 3.05) is 13.7 Å². The van der Waals surface area contributed by atoms with Gasteiger partial charge in [0.15, 0.2) is 0 Å². The molecule has 0 fully saturated rings. The molecule has 0 radical (unpaired) electrons. The smallest absolute Gasteiger partial charge is 0.143 e. The first-order valence-electron chi connectivity index (χ1n) is 6.61. The second-order valence-corrected chi connectivity index (χ2v) is 5.32. The van der Waals surface area contributed by atoms with Crippen molar-refractivity contribution < 1.29 is 4.74 Å². The summed E-state index contributed by atoms with van der Waals surface area (Å²) in [5.74, 6) is 1.58. The van der Waals surface area contributed by atoms with Crippen molar-refractivity contribution in [2.45, 2.75) is 26.2 Å². The van der Waals surface area contributed by atoms with Crippen LogP contribution < -0.4 is 10.5 Å². The van der Waals surface area contributed by atoms with Crippen LogP contribution in [0, 0.1) is 12.8 Å². The zero-order chi connectivity index (χ0) is 12.7. The molecule has 1 aliphatic carbocycles. The molecule has 1 atom stereocenters. The molecule has 0 amide bonds. The van der Waals surface area contributed by atoms with E-state index in [1.807, 2.05) is 0 Å². The van der Waals surface area contributed by atoms with E-state index in [1.54, 1.807) is 7.11 Å². The molecule has 0 saturated carbocycles. The Morgan fingerprint density at radius 3 is 3.00 bits per heavy atom. The molecule has 1 unspecified atom stereocenters. The number of nitrogens with one attached hydrogen (secondary N) is 1. The normalized spacial score (nSPS) is 18.9. The maximum absolute atomic E-state index is 5.82. The third kappa shape index (κ3) is 1.70. The first-order valence-corrected chi connectivity index (χ1v) is 6.61. The van der Waals surface area contributed by atoms with Crippen molar-refractivity contribution in [1.29, 1.82) is 0 Å². The van der Waals surface area contributed by atoms with Gasteiger partial charge in [-0.05, 0) is 61.9 Å². The molecule has 3 rings (SSSR count). The van der Waals surface area contributed by atoms with E-state index in [9.17, 15) is 0 Å². The Kier molecular flexibility index (Phi) is 2.78. The van der Waals surface area contributed by atoms with Crippen LogP contribution in [0.4, 0.5) is 0 Å². The number of fused-ring (bicyclic) bond motifs is 3. The lowest BCUT2D eigenvalue weighted by molar-refractivity contribution is 0.418. The molecule has 3 nitrogen and oxygen atoms in total. The van der Waals surface area contributed by atoms with Crippen LogP contribution in [0.3, 0.4) is 0 Å². The van der Waals surface area contributed by atoms with Crippen LogP contribution in [0.1, 0.15) is 23.2 Å². The zero-order valence-corrected chi connectivity index (χ0v) is 11.0. The third-order valence-electron chi connectivity index (χ3n) is 4.06. The summed E-state index contributed by atoms with van der Waals surface area (Å²) in [4.78, 5) is 3.54. The number of hydrogen-bond donors (Lipinski definition) is 2. The fraction of sp³-hybridized carbons (Fsp3) is 0.467. The number of rotatable bonds is 2. The van der Waals surface area contributed by atoms with Gasteiger partial charge >= 0.3 is 0 Å². The fourth-order valence-corrected chi connectivity index (χ4v) is 3.06. The van der Waals surface area contributed by atoms with Gasteiger partial charge in [0, 0.05) is 11.1 Å². The van der Waals surface area contributed by atoms with Crippen LogP contribution in [0.5, 0.6) is 5.75 Å². The van der Waals surface area contributed by atoms with Gasteiger partial charge in [-0.3, -0.25) is 0 Å². The van der Waals surface area contributed by atoms with Crippen molar-refractivity contribution in [2.24, 2.45) is 11.7 Å². The number of hydrogen-bond acceptors (Lipinski definition) is 2. The molecule has 0 saturated heterocycles. The molecule has 18 heavy (non-hydrogen) atoms. The average molecular weight is 244 g/mol. The SMILES string of the molecule is COc1cc(C)cc2c3c([nH]c12)CCC(CN)C3. The minimum absolute atomic E-state index is 0.628. The monoisotopic (exact) mass is 244 g/mol. The molecule has 1 heterocycles. The van der Waals surface area contributed by atoms with Gasteiger partial charge in [-0.2, -0.15) is 0 Å². The van der Waals surface area contributed by atoms with Gasteiger partial charge in [0.05, 0.1) is 12.6 Å². The number of methoxy groups -OCH3 is 1. The molecular formula is C15H20N2O. The molecule has 0 spiro atoms. The van der Waals surface area contributed by atoms with Gasteiger partial charge in [0.1, 0.15) is 5.75 Å². The van der Waals surface area contributed by atoms with E-state index in [4.69, 9.17) is 10.5 Å². The first-order chi connectivity index (χ1) is 8.72. The van der Waals surface area contributed by atoms with Crippen LogP contribution >= 0.6 is 0 Å². The summed E-state index contributed by atoms with van der Waals surface area (Å²) in [7, 11) is 1.73. The minimum Gasteiger partial charge on any atom is -0.495 e. The van der Waals surface area contributed by atoms with E-state index in [0.717, 1.165) is 30.7 Å². The second kappa shape index (κ2) is 4.32. The molecule has 3 N–H and O–H groups in total. The van der Waals surface area contributed by atoms with Crippen molar-refractivity contribution in [3.8, 4) is 5.75 Å². The Morgan fingerprint density at radius 2 is 2.28 bits per heavy atom. The number of aromatic nitrogens is 1. The topological polar surface area (TPSA) is 51.0 Å². The lowest BCUT2D eigenvalue weighted by Gasteiger charge is -2.20. The van der Waals surface area contributed by atoms with Crippen LogP contribution in [-0.4, -0.2) is 18.6 Å². The van der Waals surface area contributed by atoms with E-state index < -0.39 is 0 Å². The van der Waals surface area contributed by atoms with Crippen molar-refractivity contribution in [1.82, 2.24) is 4.98 Å². The maximum Gasteiger partial charge on any atom is 0.143 e. The number of benzene rings is 1. The third-order valence-corrected chi connectivity index (χ3v) is 4.06. The molecule has 1 aliphatic rings. The highest BCUT2D eigenvalue weighted by Gasteiger charge is 2.22. The Morgan fingerprint density at radius 1 is 1.44 bits per heavy atom. The van der Waals surface area contributed by atoms with Crippen molar-refractivity contribution in [3.63, 3.8) is 0 Å². The summed E-state index contributed by atoms with van der Waals surface area (Å²) >= 11 is 0. The highest BCUT2D eigenvalue weighted by Crippen LogP contribution is 2.36. The van der Waals surface area contributed by atoms with Gasteiger partial charge in [0.25, 0.3) is 0 Å². The Labute approximate surface area is 107 Å². The van der Waals surface area contributed by atoms with Gasteiger partial charge in [-0.1, -0.05) is 0 Å². The van der Waals surface area contributed by atoms with Crippen molar-refractivity contribution in [3.05, 3.63) is 29.0 Å². The largest absolute Gasteiger partial charge is 0.495 e. The molecule has 2 aromatic rings. The number of aromatic amines is 1. The average Bonchev–Trinajstić information content (AvgIpc) is 2.75. The molecule has 1 aromatic heterocycles. The predicted octanol–water partition coefficient (Wildman–Crippen LogP) is 2.55. The van der Waals surface area contributed by atoms with Crippen molar-refractivity contribution >= 4 is 10.9 Å². The standard InChI is InChI=1S/C15H20N2O/c1-9-5-12-11-7-10(8-16)3-4-13(11)17-15(12)14(6-9)18-2/h5-6,10,17H,3-4,7-8,16H2,1-2H3. The second-order valence-electron chi connectivity index (χ2n) is 5.32. The molecule has 1 aromatic carbocycles. The van der Waals surface area contributed by atoms with Gasteiger partial charge < -0.3 is 15.5 Å². The van der Waals surface area contributed by atoms with Gasteiger partial charge in [-0.25, -0.2) is 0 Å². The van der Waals surface area contributed by atoms with Gasteiger partial charge in [0.2, 0.25) is 0 Å². The lowest BCUT2D eigenvalue weighted by Crippen LogP contribution is -2.21. The first kappa shape index (κ1) is 11.6. The Balaban J connectivity index is 2.20. The van der Waals surface area contributed by atoms with Crippen LogP contribution in [0.25, 0.3) is 10.9 Å². The molecule has 0 aliphatic heterocycles. The summed E-state index contributed by atoms with van der Waals surface area (Å²) in [6.45, 7) is 2.90. The number of nitrogens with two attached hydrogens (primary N) is 1. The summed E-state index contributed by atoms with van der Waals surface area (Å²) in [6.07, 6.45) is 3.39. The quantitative estimate of drug-likeness (QED) is 0.853. The molecule has 3 heteroatoms.